The van der Waals surface area contributed by atoms with E-state index in [1.807, 2.05) is 0 Å². The number of benzene rings is 1. The molecule has 1 aliphatic rings. The number of halogens is 3. The number of amides is 1. The number of aromatic nitrogens is 3. The molecule has 36 heavy (non-hydrogen) atoms. The van der Waals surface area contributed by atoms with E-state index in [1.165, 1.54) is 44.0 Å². The van der Waals surface area contributed by atoms with Gasteiger partial charge in [-0.05, 0) is 50.1 Å². The minimum absolute atomic E-state index is 0.0377. The first-order valence-corrected chi connectivity index (χ1v) is 11.1. The van der Waals surface area contributed by atoms with Crippen molar-refractivity contribution in [3.63, 3.8) is 0 Å². The molecule has 4 rings (SSSR count). The summed E-state index contributed by atoms with van der Waals surface area (Å²) in [6, 6.07) is 6.45. The quantitative estimate of drug-likeness (QED) is 0.418. The van der Waals surface area contributed by atoms with Crippen LogP contribution < -0.4 is 10.6 Å². The first-order chi connectivity index (χ1) is 17.1. The molecule has 1 saturated carbocycles. The number of Topliss-reactive ketones (excluding diaryl/α,β-unsaturated/α-hetero) is 2. The van der Waals surface area contributed by atoms with E-state index in [4.69, 9.17) is 0 Å². The average molecular weight is 497 g/mol. The molecule has 2 heterocycles. The molecule has 1 aliphatic carbocycles. The van der Waals surface area contributed by atoms with Gasteiger partial charge in [-0.1, -0.05) is 0 Å². The molecule has 1 fully saturated rings. The van der Waals surface area contributed by atoms with Crippen LogP contribution in [0.1, 0.15) is 58.2 Å². The Kier molecular flexibility index (Phi) is 6.82. The van der Waals surface area contributed by atoms with Crippen LogP contribution in [0.4, 0.5) is 24.5 Å². The first kappa shape index (κ1) is 25.0. The zero-order valence-corrected chi connectivity index (χ0v) is 19.2. The fraction of sp³-hybridized carbons (Fsp3) is 0.280. The number of hydrogen-bond acceptors (Lipinski definition) is 7. The van der Waals surface area contributed by atoms with Crippen molar-refractivity contribution in [2.45, 2.75) is 38.9 Å². The summed E-state index contributed by atoms with van der Waals surface area (Å²) < 4.78 is 40.4. The SMILES string of the molecule is CC(=O)c1ccc(Nc2ccc(CNC(=O)C3(CC(=O)c4cncnc4)CC3)nc2)c(C(F)(F)F)c1. The van der Waals surface area contributed by atoms with Crippen LogP contribution >= 0.6 is 0 Å². The third kappa shape index (κ3) is 5.73. The van der Waals surface area contributed by atoms with E-state index in [9.17, 15) is 27.6 Å². The van der Waals surface area contributed by atoms with Crippen molar-refractivity contribution in [1.29, 1.82) is 0 Å². The normalized spacial score (nSPS) is 14.1. The Hall–Kier alpha value is -4.15. The Morgan fingerprint density at radius 1 is 1.00 bits per heavy atom. The van der Waals surface area contributed by atoms with Gasteiger partial charge >= 0.3 is 6.18 Å². The van der Waals surface area contributed by atoms with Crippen LogP contribution in [0.15, 0.2) is 55.2 Å². The van der Waals surface area contributed by atoms with E-state index in [2.05, 4.69) is 25.6 Å². The number of anilines is 2. The maximum atomic E-state index is 13.5. The van der Waals surface area contributed by atoms with Crippen LogP contribution in [0.2, 0.25) is 0 Å². The van der Waals surface area contributed by atoms with Crippen LogP contribution in [-0.2, 0) is 17.5 Å². The summed E-state index contributed by atoms with van der Waals surface area (Å²) in [6.45, 7) is 1.30. The number of carbonyl (C=O) groups excluding carboxylic acids is 3. The van der Waals surface area contributed by atoms with E-state index >= 15 is 0 Å². The van der Waals surface area contributed by atoms with E-state index in [0.29, 0.717) is 29.8 Å². The molecular formula is C25H22F3N5O3. The minimum atomic E-state index is -4.65. The number of rotatable bonds is 9. The molecule has 0 aliphatic heterocycles. The number of nitrogens with one attached hydrogen (secondary N) is 2. The van der Waals surface area contributed by atoms with Gasteiger partial charge in [0.05, 0.1) is 46.4 Å². The summed E-state index contributed by atoms with van der Waals surface area (Å²) in [4.78, 5) is 48.5. The van der Waals surface area contributed by atoms with Gasteiger partial charge in [-0.2, -0.15) is 13.2 Å². The summed E-state index contributed by atoms with van der Waals surface area (Å²) >= 11 is 0. The fourth-order valence-electron chi connectivity index (χ4n) is 3.71. The number of pyridine rings is 1. The van der Waals surface area contributed by atoms with Crippen molar-refractivity contribution in [1.82, 2.24) is 20.3 Å². The maximum Gasteiger partial charge on any atom is 0.418 e. The Balaban J connectivity index is 1.37. The second-order valence-electron chi connectivity index (χ2n) is 8.67. The van der Waals surface area contributed by atoms with Crippen LogP contribution in [0.25, 0.3) is 0 Å². The van der Waals surface area contributed by atoms with Gasteiger partial charge in [-0.15, -0.1) is 0 Å². The highest BCUT2D eigenvalue weighted by Crippen LogP contribution is 2.49. The van der Waals surface area contributed by atoms with Gasteiger partial charge in [0, 0.05) is 24.4 Å². The molecule has 11 heteroatoms. The van der Waals surface area contributed by atoms with Crippen LogP contribution in [-0.4, -0.2) is 32.4 Å². The molecule has 8 nitrogen and oxygen atoms in total. The van der Waals surface area contributed by atoms with E-state index < -0.39 is 22.9 Å². The standard InChI is InChI=1S/C25H22F3N5O3/c1-15(34)16-2-5-21(20(8-16)25(26,27)28)33-19-4-3-18(31-13-19)12-32-23(36)24(6-7-24)9-22(35)17-10-29-14-30-11-17/h2-5,8,10-11,13-14,33H,6-7,9,12H2,1H3,(H,32,36). The third-order valence-corrected chi connectivity index (χ3v) is 5.98. The molecule has 1 amide bonds. The van der Waals surface area contributed by atoms with Crippen molar-refractivity contribution in [3.05, 3.63) is 77.6 Å². The highest BCUT2D eigenvalue weighted by Gasteiger charge is 2.51. The monoisotopic (exact) mass is 497 g/mol. The van der Waals surface area contributed by atoms with Crippen molar-refractivity contribution >= 4 is 28.8 Å². The lowest BCUT2D eigenvalue weighted by Crippen LogP contribution is -2.33. The highest BCUT2D eigenvalue weighted by molar-refractivity contribution is 6.00. The second kappa shape index (κ2) is 9.84. The Labute approximate surface area is 204 Å². The largest absolute Gasteiger partial charge is 0.418 e. The summed E-state index contributed by atoms with van der Waals surface area (Å²) in [6.07, 6.45) is 2.11. The van der Waals surface area contributed by atoms with Gasteiger partial charge in [0.1, 0.15) is 6.33 Å². The summed E-state index contributed by atoms with van der Waals surface area (Å²) in [5.41, 5.74) is -0.808. The number of alkyl halides is 3. The van der Waals surface area contributed by atoms with Crippen molar-refractivity contribution in [2.75, 3.05) is 5.32 Å². The van der Waals surface area contributed by atoms with Gasteiger partial charge in [0.2, 0.25) is 5.91 Å². The highest BCUT2D eigenvalue weighted by atomic mass is 19.4. The lowest BCUT2D eigenvalue weighted by molar-refractivity contribution is -0.137. The summed E-state index contributed by atoms with van der Waals surface area (Å²) in [5, 5.41) is 5.47. The number of carbonyl (C=O) groups is 3. The van der Waals surface area contributed by atoms with Gasteiger partial charge in [-0.25, -0.2) is 9.97 Å². The number of ketones is 2. The maximum absolute atomic E-state index is 13.5. The summed E-state index contributed by atoms with van der Waals surface area (Å²) in [5.74, 6) is -0.921. The molecule has 0 unspecified atom stereocenters. The van der Waals surface area contributed by atoms with Crippen molar-refractivity contribution in [2.24, 2.45) is 5.41 Å². The zero-order chi connectivity index (χ0) is 25.9. The molecule has 1 aromatic carbocycles. The fourth-order valence-corrected chi connectivity index (χ4v) is 3.71. The predicted molar refractivity (Wildman–Crippen MR) is 123 cm³/mol. The van der Waals surface area contributed by atoms with Gasteiger partial charge in [0.15, 0.2) is 11.6 Å². The second-order valence-corrected chi connectivity index (χ2v) is 8.67. The molecule has 0 atom stereocenters. The average Bonchev–Trinajstić information content (AvgIpc) is 3.64. The molecule has 0 spiro atoms. The predicted octanol–water partition coefficient (Wildman–Crippen LogP) is 4.51. The lowest BCUT2D eigenvalue weighted by atomic mass is 9.96. The zero-order valence-electron chi connectivity index (χ0n) is 19.2. The molecule has 186 valence electrons. The molecule has 3 aromatic rings. The number of nitrogens with zero attached hydrogens (tertiary/aromatic N) is 3. The first-order valence-electron chi connectivity index (χ1n) is 11.1. The molecule has 0 bridgehead atoms. The van der Waals surface area contributed by atoms with E-state index in [1.54, 1.807) is 12.1 Å². The molecule has 0 radical (unpaired) electrons. The van der Waals surface area contributed by atoms with Crippen LogP contribution in [0.3, 0.4) is 0 Å². The Bertz CT molecular complexity index is 1290. The number of hydrogen-bond donors (Lipinski definition) is 2. The van der Waals surface area contributed by atoms with Crippen molar-refractivity contribution < 1.29 is 27.6 Å². The molecule has 2 N–H and O–H groups in total. The minimum Gasteiger partial charge on any atom is -0.354 e. The van der Waals surface area contributed by atoms with Crippen molar-refractivity contribution in [3.8, 4) is 0 Å². The van der Waals surface area contributed by atoms with Crippen LogP contribution in [0.5, 0.6) is 0 Å². The topological polar surface area (TPSA) is 114 Å². The third-order valence-electron chi connectivity index (χ3n) is 5.98. The Morgan fingerprint density at radius 2 is 1.72 bits per heavy atom. The lowest BCUT2D eigenvalue weighted by Gasteiger charge is -2.16. The van der Waals surface area contributed by atoms with Gasteiger partial charge in [-0.3, -0.25) is 19.4 Å². The molecule has 2 aromatic heterocycles. The Morgan fingerprint density at radius 3 is 2.31 bits per heavy atom. The smallest absolute Gasteiger partial charge is 0.354 e. The summed E-state index contributed by atoms with van der Waals surface area (Å²) in [7, 11) is 0. The van der Waals surface area contributed by atoms with Gasteiger partial charge < -0.3 is 10.6 Å². The molecular weight excluding hydrogens is 475 g/mol. The molecule has 0 saturated heterocycles. The van der Waals surface area contributed by atoms with E-state index in [0.717, 1.165) is 6.07 Å². The van der Waals surface area contributed by atoms with Crippen LogP contribution in [0, 0.1) is 5.41 Å². The van der Waals surface area contributed by atoms with E-state index in [-0.39, 0.29) is 35.9 Å². The van der Waals surface area contributed by atoms with Gasteiger partial charge in [0.25, 0.3) is 0 Å².